The number of nitrogens with zero attached hydrogens (tertiary/aromatic N) is 1. The van der Waals surface area contributed by atoms with Gasteiger partial charge in [-0.3, -0.25) is 4.79 Å². The van der Waals surface area contributed by atoms with Crippen LogP contribution < -0.4 is 0 Å². The zero-order valence-electron chi connectivity index (χ0n) is 12.3. The first-order chi connectivity index (χ1) is 11.2. The fourth-order valence-corrected chi connectivity index (χ4v) is 2.68. The number of allylic oxidation sites excluding steroid dienone is 1. The van der Waals surface area contributed by atoms with E-state index in [9.17, 15) is 4.79 Å². The van der Waals surface area contributed by atoms with Crippen molar-refractivity contribution < 1.29 is 14.3 Å². The number of hydrogen-bond donors (Lipinski definition) is 1. The average molecular weight is 305 g/mol. The van der Waals surface area contributed by atoms with E-state index in [1.807, 2.05) is 60.7 Å². The van der Waals surface area contributed by atoms with Gasteiger partial charge in [-0.15, -0.1) is 0 Å². The molecule has 1 fully saturated rings. The zero-order chi connectivity index (χ0) is 15.8. The number of para-hydroxylation sites is 2. The van der Waals surface area contributed by atoms with Crippen molar-refractivity contribution in [3.8, 4) is 11.5 Å². The Hall–Kier alpha value is -2.88. The Morgan fingerprint density at radius 1 is 1.17 bits per heavy atom. The summed E-state index contributed by atoms with van der Waals surface area (Å²) in [6.45, 7) is 0. The molecule has 1 saturated carbocycles. The lowest BCUT2D eigenvalue weighted by atomic mass is 10.1. The van der Waals surface area contributed by atoms with E-state index in [-0.39, 0.29) is 11.8 Å². The van der Waals surface area contributed by atoms with Crippen LogP contribution in [0.5, 0.6) is 0 Å². The van der Waals surface area contributed by atoms with E-state index in [4.69, 9.17) is 9.52 Å². The van der Waals surface area contributed by atoms with Crippen molar-refractivity contribution in [2.75, 3.05) is 0 Å². The highest BCUT2D eigenvalue weighted by Crippen LogP contribution is 2.40. The number of rotatable bonds is 4. The van der Waals surface area contributed by atoms with E-state index < -0.39 is 5.97 Å². The quantitative estimate of drug-likeness (QED) is 0.783. The first-order valence-electron chi connectivity index (χ1n) is 7.58. The van der Waals surface area contributed by atoms with Gasteiger partial charge in [-0.1, -0.05) is 36.4 Å². The minimum atomic E-state index is -0.703. The van der Waals surface area contributed by atoms with Crippen LogP contribution in [0, 0.1) is 11.8 Å². The minimum absolute atomic E-state index is 0.171. The van der Waals surface area contributed by atoms with Gasteiger partial charge in [0.25, 0.3) is 0 Å². The Morgan fingerprint density at radius 3 is 2.65 bits per heavy atom. The molecule has 114 valence electrons. The number of carboxylic acid groups (broad SMARTS) is 1. The van der Waals surface area contributed by atoms with Crippen LogP contribution in [0.25, 0.3) is 28.6 Å². The fraction of sp³-hybridized carbons (Fsp3) is 0.158. The summed E-state index contributed by atoms with van der Waals surface area (Å²) in [5.74, 6) is -0.129. The summed E-state index contributed by atoms with van der Waals surface area (Å²) in [7, 11) is 0. The Kier molecular flexibility index (Phi) is 3.23. The summed E-state index contributed by atoms with van der Waals surface area (Å²) in [5.41, 5.74) is 3.59. The third-order valence-corrected chi connectivity index (χ3v) is 4.14. The summed E-state index contributed by atoms with van der Waals surface area (Å²) < 4.78 is 5.75. The molecule has 1 aliphatic carbocycles. The highest BCUT2D eigenvalue weighted by Gasteiger charge is 2.40. The Bertz CT molecular complexity index is 859. The molecule has 3 aromatic rings. The second-order valence-electron chi connectivity index (χ2n) is 5.81. The first-order valence-corrected chi connectivity index (χ1v) is 7.58. The first kappa shape index (κ1) is 13.8. The van der Waals surface area contributed by atoms with Crippen molar-refractivity contribution in [3.05, 3.63) is 60.2 Å². The summed E-state index contributed by atoms with van der Waals surface area (Å²) >= 11 is 0. The van der Waals surface area contributed by atoms with Crippen LogP contribution in [0.4, 0.5) is 0 Å². The summed E-state index contributed by atoms with van der Waals surface area (Å²) in [5, 5.41) is 8.89. The van der Waals surface area contributed by atoms with Gasteiger partial charge in [-0.2, -0.15) is 0 Å². The highest BCUT2D eigenvalue weighted by molar-refractivity contribution is 5.76. The number of aliphatic carboxylic acids is 1. The fourth-order valence-electron chi connectivity index (χ4n) is 2.68. The van der Waals surface area contributed by atoms with Crippen LogP contribution in [0.3, 0.4) is 0 Å². The average Bonchev–Trinajstić information content (AvgIpc) is 3.23. The van der Waals surface area contributed by atoms with Gasteiger partial charge in [0, 0.05) is 5.56 Å². The highest BCUT2D eigenvalue weighted by atomic mass is 16.4. The van der Waals surface area contributed by atoms with E-state index in [1.54, 1.807) is 0 Å². The topological polar surface area (TPSA) is 63.3 Å². The van der Waals surface area contributed by atoms with Gasteiger partial charge in [-0.05, 0) is 42.2 Å². The van der Waals surface area contributed by atoms with E-state index in [2.05, 4.69) is 4.98 Å². The Balaban J connectivity index is 1.51. The molecule has 4 heteroatoms. The van der Waals surface area contributed by atoms with E-state index in [0.29, 0.717) is 5.89 Å². The number of benzene rings is 2. The molecule has 0 unspecified atom stereocenters. The summed E-state index contributed by atoms with van der Waals surface area (Å²) in [6, 6.07) is 15.6. The van der Waals surface area contributed by atoms with E-state index in [0.717, 1.165) is 28.6 Å². The van der Waals surface area contributed by atoms with Crippen LogP contribution >= 0.6 is 0 Å². The predicted octanol–water partition coefficient (Wildman–Crippen LogP) is 4.23. The number of oxazole rings is 1. The van der Waals surface area contributed by atoms with Gasteiger partial charge < -0.3 is 9.52 Å². The molecule has 1 aromatic heterocycles. The molecule has 0 bridgehead atoms. The molecule has 0 amide bonds. The van der Waals surface area contributed by atoms with Crippen LogP contribution in [-0.2, 0) is 4.79 Å². The van der Waals surface area contributed by atoms with Gasteiger partial charge in [0.15, 0.2) is 5.58 Å². The van der Waals surface area contributed by atoms with Crippen LogP contribution in [-0.4, -0.2) is 16.1 Å². The SMILES string of the molecule is O=C(O)[C@@H]1C[C@H]1/C=C/c1ccc(-c2nc3ccccc3o2)cc1. The van der Waals surface area contributed by atoms with Crippen molar-refractivity contribution in [2.45, 2.75) is 6.42 Å². The van der Waals surface area contributed by atoms with Gasteiger partial charge >= 0.3 is 5.97 Å². The van der Waals surface area contributed by atoms with E-state index >= 15 is 0 Å². The zero-order valence-corrected chi connectivity index (χ0v) is 12.3. The standard InChI is InChI=1S/C19H15NO3/c21-19(22)15-11-14(15)10-7-12-5-8-13(9-6-12)18-20-16-3-1-2-4-17(16)23-18/h1-10,14-15H,11H2,(H,21,22)/b10-7+/t14-,15-/m1/s1. The largest absolute Gasteiger partial charge is 0.481 e. The second kappa shape index (κ2) is 5.39. The molecule has 0 aliphatic heterocycles. The lowest BCUT2D eigenvalue weighted by Crippen LogP contribution is -1.97. The summed E-state index contributed by atoms with van der Waals surface area (Å²) in [4.78, 5) is 15.3. The van der Waals surface area contributed by atoms with E-state index in [1.165, 1.54) is 0 Å². The smallest absolute Gasteiger partial charge is 0.307 e. The molecular weight excluding hydrogens is 290 g/mol. The van der Waals surface area contributed by atoms with Crippen molar-refractivity contribution in [2.24, 2.45) is 11.8 Å². The number of carbonyl (C=O) groups is 1. The maximum atomic E-state index is 10.8. The maximum absolute atomic E-state index is 10.8. The number of carboxylic acids is 1. The molecule has 4 nitrogen and oxygen atoms in total. The molecule has 0 saturated heterocycles. The van der Waals surface area contributed by atoms with Crippen LogP contribution in [0.2, 0.25) is 0 Å². The number of fused-ring (bicyclic) bond motifs is 1. The molecular formula is C19H15NO3. The molecule has 2 atom stereocenters. The predicted molar refractivity (Wildman–Crippen MR) is 87.7 cm³/mol. The van der Waals surface area contributed by atoms with Gasteiger partial charge in [0.1, 0.15) is 5.52 Å². The van der Waals surface area contributed by atoms with Gasteiger partial charge in [-0.25, -0.2) is 4.98 Å². The molecule has 4 rings (SSSR count). The number of hydrogen-bond acceptors (Lipinski definition) is 3. The minimum Gasteiger partial charge on any atom is -0.481 e. The summed E-state index contributed by atoms with van der Waals surface area (Å²) in [6.07, 6.45) is 4.70. The maximum Gasteiger partial charge on any atom is 0.307 e. The number of aromatic nitrogens is 1. The van der Waals surface area contributed by atoms with Crippen LogP contribution in [0.1, 0.15) is 12.0 Å². The van der Waals surface area contributed by atoms with Crippen LogP contribution in [0.15, 0.2) is 59.0 Å². The molecule has 1 N–H and O–H groups in total. The lowest BCUT2D eigenvalue weighted by Gasteiger charge is -1.97. The van der Waals surface area contributed by atoms with Gasteiger partial charge in [0.05, 0.1) is 5.92 Å². The normalized spacial score (nSPS) is 20.2. The molecule has 0 radical (unpaired) electrons. The Labute approximate surface area is 133 Å². The molecule has 0 spiro atoms. The van der Waals surface area contributed by atoms with Gasteiger partial charge in [0.2, 0.25) is 5.89 Å². The van der Waals surface area contributed by atoms with Crippen molar-refractivity contribution in [1.82, 2.24) is 4.98 Å². The van der Waals surface area contributed by atoms with Crippen molar-refractivity contribution in [1.29, 1.82) is 0 Å². The Morgan fingerprint density at radius 2 is 1.96 bits per heavy atom. The molecule has 1 aliphatic rings. The lowest BCUT2D eigenvalue weighted by molar-refractivity contribution is -0.138. The third-order valence-electron chi connectivity index (χ3n) is 4.14. The molecule has 2 aromatic carbocycles. The molecule has 1 heterocycles. The van der Waals surface area contributed by atoms with Crippen molar-refractivity contribution in [3.63, 3.8) is 0 Å². The monoisotopic (exact) mass is 305 g/mol. The molecule has 23 heavy (non-hydrogen) atoms. The van der Waals surface area contributed by atoms with Crippen molar-refractivity contribution >= 4 is 23.1 Å². The third kappa shape index (κ3) is 2.75. The second-order valence-corrected chi connectivity index (χ2v) is 5.81.